The molecule has 0 aliphatic rings. The number of nitrogens with zero attached hydrogens (tertiary/aromatic N) is 1. The highest BCUT2D eigenvalue weighted by molar-refractivity contribution is 7.99. The van der Waals surface area contributed by atoms with Crippen LogP contribution in [-0.2, 0) is 12.8 Å². The number of carbonyl (C=O) groups is 1. The highest BCUT2D eigenvalue weighted by Gasteiger charge is 2.12. The van der Waals surface area contributed by atoms with Gasteiger partial charge in [0, 0.05) is 12.7 Å². The Morgan fingerprint density at radius 1 is 1.03 bits per heavy atom. The Kier molecular flexibility index (Phi) is 7.82. The Balaban J connectivity index is 1.49. The van der Waals surface area contributed by atoms with Gasteiger partial charge < -0.3 is 5.32 Å². The highest BCUT2D eigenvalue weighted by atomic mass is 32.2. The van der Waals surface area contributed by atoms with Crippen LogP contribution in [0.5, 0.6) is 0 Å². The van der Waals surface area contributed by atoms with Gasteiger partial charge in [0.2, 0.25) is 0 Å². The van der Waals surface area contributed by atoms with E-state index in [0.717, 1.165) is 35.6 Å². The van der Waals surface area contributed by atoms with Gasteiger partial charge in [-0.25, -0.2) is 9.37 Å². The summed E-state index contributed by atoms with van der Waals surface area (Å²) in [7, 11) is 0. The van der Waals surface area contributed by atoms with E-state index in [0.29, 0.717) is 12.1 Å². The lowest BCUT2D eigenvalue weighted by atomic mass is 10.1. The molecular formula is C24H25FN2OS. The fourth-order valence-electron chi connectivity index (χ4n) is 3.07. The molecule has 1 N–H and O–H groups in total. The van der Waals surface area contributed by atoms with Crippen LogP contribution in [0, 0.1) is 12.7 Å². The minimum Gasteiger partial charge on any atom is -0.352 e. The van der Waals surface area contributed by atoms with Crippen molar-refractivity contribution >= 4 is 17.7 Å². The molecular weight excluding hydrogens is 383 g/mol. The van der Waals surface area contributed by atoms with Gasteiger partial charge in [0.05, 0.1) is 5.56 Å². The second-order valence-electron chi connectivity index (χ2n) is 6.87. The number of hydrogen-bond donors (Lipinski definition) is 1. The molecule has 0 bridgehead atoms. The number of rotatable bonds is 9. The summed E-state index contributed by atoms with van der Waals surface area (Å²) in [4.78, 5) is 17.0. The Labute approximate surface area is 175 Å². The number of aryl methyl sites for hydroxylation is 2. The van der Waals surface area contributed by atoms with Crippen molar-refractivity contribution in [2.45, 2.75) is 31.2 Å². The molecule has 3 nitrogen and oxygen atoms in total. The number of halogens is 1. The average Bonchev–Trinajstić information content (AvgIpc) is 2.74. The van der Waals surface area contributed by atoms with E-state index in [1.165, 1.54) is 23.3 Å². The van der Waals surface area contributed by atoms with Crippen molar-refractivity contribution in [3.8, 4) is 0 Å². The number of thioether (sulfide) groups is 1. The fourth-order valence-corrected chi connectivity index (χ4v) is 4.01. The zero-order valence-corrected chi connectivity index (χ0v) is 17.3. The predicted octanol–water partition coefficient (Wildman–Crippen LogP) is 5.23. The van der Waals surface area contributed by atoms with E-state index in [4.69, 9.17) is 0 Å². The van der Waals surface area contributed by atoms with E-state index in [-0.39, 0.29) is 11.7 Å². The fraction of sp³-hybridized carbons (Fsp3) is 0.250. The van der Waals surface area contributed by atoms with Gasteiger partial charge in [0.1, 0.15) is 10.8 Å². The van der Waals surface area contributed by atoms with Crippen molar-refractivity contribution in [1.82, 2.24) is 10.3 Å². The molecule has 0 unspecified atom stereocenters. The molecule has 29 heavy (non-hydrogen) atoms. The van der Waals surface area contributed by atoms with Crippen LogP contribution in [0.2, 0.25) is 0 Å². The summed E-state index contributed by atoms with van der Waals surface area (Å²) < 4.78 is 13.0. The number of pyridine rings is 1. The molecule has 1 amide bonds. The predicted molar refractivity (Wildman–Crippen MR) is 117 cm³/mol. The first-order valence-electron chi connectivity index (χ1n) is 9.78. The van der Waals surface area contributed by atoms with Gasteiger partial charge in [-0.3, -0.25) is 4.79 Å². The maximum Gasteiger partial charge on any atom is 0.254 e. The lowest BCUT2D eigenvalue weighted by molar-refractivity contribution is 0.0950. The van der Waals surface area contributed by atoms with Crippen LogP contribution in [0.1, 0.15) is 33.5 Å². The third-order valence-electron chi connectivity index (χ3n) is 4.72. The monoisotopic (exact) mass is 408 g/mol. The summed E-state index contributed by atoms with van der Waals surface area (Å²) in [6.07, 6.45) is 4.32. The van der Waals surface area contributed by atoms with Gasteiger partial charge in [0.15, 0.2) is 0 Å². The quantitative estimate of drug-likeness (QED) is 0.390. The second-order valence-corrected chi connectivity index (χ2v) is 7.95. The lowest BCUT2D eigenvalue weighted by Crippen LogP contribution is -2.26. The van der Waals surface area contributed by atoms with Gasteiger partial charge in [-0.15, -0.1) is 11.8 Å². The smallest absolute Gasteiger partial charge is 0.254 e. The summed E-state index contributed by atoms with van der Waals surface area (Å²) >= 11 is 1.58. The second kappa shape index (κ2) is 10.8. The van der Waals surface area contributed by atoms with Crippen LogP contribution in [-0.4, -0.2) is 23.2 Å². The number of benzene rings is 2. The minimum atomic E-state index is -0.213. The van der Waals surface area contributed by atoms with E-state index >= 15 is 0 Å². The van der Waals surface area contributed by atoms with Gasteiger partial charge in [-0.2, -0.15) is 0 Å². The van der Waals surface area contributed by atoms with Crippen LogP contribution in [0.15, 0.2) is 71.9 Å². The molecule has 2 aromatic carbocycles. The van der Waals surface area contributed by atoms with E-state index < -0.39 is 0 Å². The molecule has 0 aliphatic heterocycles. The zero-order valence-electron chi connectivity index (χ0n) is 16.5. The number of carbonyl (C=O) groups excluding carboxylic acids is 1. The van der Waals surface area contributed by atoms with Gasteiger partial charge >= 0.3 is 0 Å². The molecule has 3 aromatic rings. The molecule has 0 aliphatic carbocycles. The van der Waals surface area contributed by atoms with Crippen molar-refractivity contribution in [2.75, 3.05) is 12.3 Å². The lowest BCUT2D eigenvalue weighted by Gasteiger charge is -2.10. The normalized spacial score (nSPS) is 10.7. The molecule has 5 heteroatoms. The first-order valence-corrected chi connectivity index (χ1v) is 10.8. The third kappa shape index (κ3) is 6.43. The van der Waals surface area contributed by atoms with Crippen LogP contribution in [0.4, 0.5) is 4.39 Å². The van der Waals surface area contributed by atoms with Crippen LogP contribution >= 0.6 is 11.8 Å². The largest absolute Gasteiger partial charge is 0.352 e. The van der Waals surface area contributed by atoms with Crippen molar-refractivity contribution in [2.24, 2.45) is 0 Å². The average molecular weight is 409 g/mol. The number of amides is 1. The summed E-state index contributed by atoms with van der Waals surface area (Å²) in [5, 5.41) is 3.76. The standard InChI is InChI=1S/C24H25FN2OS/c1-18-6-2-3-8-20(18)14-16-26-23(28)22-9-4-15-27-24(22)29-17-5-7-19-10-12-21(25)13-11-19/h2-4,6,8-13,15H,5,7,14,16-17H2,1H3,(H,26,28). The maximum absolute atomic E-state index is 13.0. The van der Waals surface area contributed by atoms with E-state index in [2.05, 4.69) is 29.4 Å². The van der Waals surface area contributed by atoms with Crippen LogP contribution in [0.25, 0.3) is 0 Å². The van der Waals surface area contributed by atoms with Gasteiger partial charge in [0.25, 0.3) is 5.91 Å². The topological polar surface area (TPSA) is 42.0 Å². The zero-order chi connectivity index (χ0) is 20.5. The molecule has 3 rings (SSSR count). The van der Waals surface area contributed by atoms with E-state index in [1.807, 2.05) is 30.3 Å². The summed E-state index contributed by atoms with van der Waals surface area (Å²) in [6.45, 7) is 2.67. The molecule has 0 atom stereocenters. The van der Waals surface area contributed by atoms with Gasteiger partial charge in [-0.05, 0) is 72.9 Å². The van der Waals surface area contributed by atoms with Crippen molar-refractivity contribution < 1.29 is 9.18 Å². The number of nitrogens with one attached hydrogen (secondary N) is 1. The van der Waals surface area contributed by atoms with Crippen LogP contribution < -0.4 is 5.32 Å². The van der Waals surface area contributed by atoms with Gasteiger partial charge in [-0.1, -0.05) is 36.4 Å². The summed E-state index contributed by atoms with van der Waals surface area (Å²) in [5.41, 5.74) is 4.21. The molecule has 0 fully saturated rings. The van der Waals surface area contributed by atoms with Crippen molar-refractivity contribution in [1.29, 1.82) is 0 Å². The summed E-state index contributed by atoms with van der Waals surface area (Å²) in [5.74, 6) is 0.542. The Bertz CT molecular complexity index is 944. The third-order valence-corrected chi connectivity index (χ3v) is 5.81. The van der Waals surface area contributed by atoms with E-state index in [9.17, 15) is 9.18 Å². The minimum absolute atomic E-state index is 0.0901. The first kappa shape index (κ1) is 21.1. The van der Waals surface area contributed by atoms with E-state index in [1.54, 1.807) is 24.0 Å². The summed E-state index contributed by atoms with van der Waals surface area (Å²) in [6, 6.07) is 18.4. The molecule has 1 heterocycles. The molecule has 0 radical (unpaired) electrons. The molecule has 0 spiro atoms. The Morgan fingerprint density at radius 2 is 1.83 bits per heavy atom. The molecule has 150 valence electrons. The SMILES string of the molecule is Cc1ccccc1CCNC(=O)c1cccnc1SCCCc1ccc(F)cc1. The van der Waals surface area contributed by atoms with Crippen molar-refractivity contribution in [3.63, 3.8) is 0 Å². The number of hydrogen-bond acceptors (Lipinski definition) is 3. The molecule has 0 saturated carbocycles. The Morgan fingerprint density at radius 3 is 2.62 bits per heavy atom. The number of aromatic nitrogens is 1. The molecule has 1 aromatic heterocycles. The maximum atomic E-state index is 13.0. The highest BCUT2D eigenvalue weighted by Crippen LogP contribution is 2.21. The molecule has 0 saturated heterocycles. The Hall–Kier alpha value is -2.66. The van der Waals surface area contributed by atoms with Crippen LogP contribution in [0.3, 0.4) is 0 Å². The van der Waals surface area contributed by atoms with Crippen molar-refractivity contribution in [3.05, 3.63) is 94.9 Å². The first-order chi connectivity index (χ1) is 14.1.